The summed E-state index contributed by atoms with van der Waals surface area (Å²) >= 11 is 1.73. The van der Waals surface area contributed by atoms with Gasteiger partial charge in [0.2, 0.25) is 0 Å². The number of fused-ring (bicyclic) bond motifs is 3. The second kappa shape index (κ2) is 2.29. The smallest absolute Gasteiger partial charge is 0.143 e. The Morgan fingerprint density at radius 1 is 1.31 bits per heavy atom. The number of aryl methyl sites for hydroxylation is 1. The van der Waals surface area contributed by atoms with Crippen molar-refractivity contribution in [3.8, 4) is 0 Å². The molecule has 0 aliphatic heterocycles. The van der Waals surface area contributed by atoms with Gasteiger partial charge in [-0.3, -0.25) is 0 Å². The van der Waals surface area contributed by atoms with Crippen LogP contribution in [0.4, 0.5) is 0 Å². The van der Waals surface area contributed by atoms with E-state index in [2.05, 4.69) is 22.4 Å². The third-order valence-electron chi connectivity index (χ3n) is 2.09. The Morgan fingerprint density at radius 3 is 3.08 bits per heavy atom. The molecule has 13 heavy (non-hydrogen) atoms. The summed E-state index contributed by atoms with van der Waals surface area (Å²) in [6.07, 6.45) is 0. The summed E-state index contributed by atoms with van der Waals surface area (Å²) in [5.41, 5.74) is 2.14. The topological polar surface area (TPSA) is 30.2 Å². The number of hydrogen-bond donors (Lipinski definition) is 0. The number of rotatable bonds is 0. The number of thiazole rings is 1. The third kappa shape index (κ3) is 0.833. The lowest BCUT2D eigenvalue weighted by atomic mass is 10.3. The molecule has 3 rings (SSSR count). The lowest BCUT2D eigenvalue weighted by Crippen LogP contribution is -1.82. The van der Waals surface area contributed by atoms with Gasteiger partial charge in [-0.1, -0.05) is 17.3 Å². The van der Waals surface area contributed by atoms with Gasteiger partial charge in [0.1, 0.15) is 4.83 Å². The van der Waals surface area contributed by atoms with Crippen LogP contribution in [-0.2, 0) is 0 Å². The molecule has 3 nitrogen and oxygen atoms in total. The Kier molecular flexibility index (Phi) is 1.24. The monoisotopic (exact) mass is 189 g/mol. The van der Waals surface area contributed by atoms with E-state index in [-0.39, 0.29) is 0 Å². The molecular weight excluding hydrogens is 182 g/mol. The van der Waals surface area contributed by atoms with Crippen LogP contribution in [0.2, 0.25) is 0 Å². The zero-order chi connectivity index (χ0) is 8.84. The Bertz CT molecular complexity index is 579. The predicted molar refractivity (Wildman–Crippen MR) is 53.1 cm³/mol. The van der Waals surface area contributed by atoms with Crippen molar-refractivity contribution in [1.82, 2.24) is 14.8 Å². The molecule has 0 N–H and O–H groups in total. The van der Waals surface area contributed by atoms with Gasteiger partial charge in [0.25, 0.3) is 0 Å². The molecule has 0 aliphatic rings. The molecule has 0 unspecified atom stereocenters. The van der Waals surface area contributed by atoms with Crippen LogP contribution in [-0.4, -0.2) is 14.8 Å². The number of benzene rings is 1. The van der Waals surface area contributed by atoms with Gasteiger partial charge in [-0.15, -0.1) is 16.4 Å². The summed E-state index contributed by atoms with van der Waals surface area (Å²) in [6, 6.07) is 8.23. The van der Waals surface area contributed by atoms with Crippen molar-refractivity contribution in [3.63, 3.8) is 0 Å². The van der Waals surface area contributed by atoms with Gasteiger partial charge in [0.15, 0.2) is 0 Å². The first kappa shape index (κ1) is 7.03. The van der Waals surface area contributed by atoms with Gasteiger partial charge in [-0.25, -0.2) is 4.52 Å². The van der Waals surface area contributed by atoms with Gasteiger partial charge in [0.05, 0.1) is 15.9 Å². The average molecular weight is 189 g/mol. The molecular formula is C9H7N3S. The molecule has 0 amide bonds. The fourth-order valence-corrected chi connectivity index (χ4v) is 2.47. The first-order valence-electron chi connectivity index (χ1n) is 4.06. The molecule has 0 bridgehead atoms. The highest BCUT2D eigenvalue weighted by atomic mass is 32.1. The minimum absolute atomic E-state index is 1.00. The second-order valence-electron chi connectivity index (χ2n) is 2.96. The maximum Gasteiger partial charge on any atom is 0.143 e. The molecule has 0 spiro atoms. The van der Waals surface area contributed by atoms with Crippen LogP contribution < -0.4 is 0 Å². The van der Waals surface area contributed by atoms with Crippen LogP contribution in [0.3, 0.4) is 0 Å². The molecule has 0 aliphatic carbocycles. The predicted octanol–water partition coefficient (Wildman–Crippen LogP) is 2.25. The van der Waals surface area contributed by atoms with Gasteiger partial charge in [0, 0.05) is 0 Å². The zero-order valence-electron chi connectivity index (χ0n) is 7.06. The molecule has 0 saturated carbocycles. The highest BCUT2D eigenvalue weighted by Crippen LogP contribution is 2.26. The molecule has 0 saturated heterocycles. The van der Waals surface area contributed by atoms with E-state index in [9.17, 15) is 0 Å². The van der Waals surface area contributed by atoms with Crippen LogP contribution in [0.5, 0.6) is 0 Å². The van der Waals surface area contributed by atoms with Crippen LogP contribution >= 0.6 is 11.3 Å². The van der Waals surface area contributed by atoms with Crippen molar-refractivity contribution in [1.29, 1.82) is 0 Å². The SMILES string of the molecule is Cc1nnn2c1sc1ccccc12. The van der Waals surface area contributed by atoms with Crippen LogP contribution in [0.25, 0.3) is 15.0 Å². The van der Waals surface area contributed by atoms with Crippen LogP contribution in [0, 0.1) is 6.92 Å². The van der Waals surface area contributed by atoms with E-state index in [0.717, 1.165) is 16.0 Å². The lowest BCUT2D eigenvalue weighted by Gasteiger charge is -1.85. The summed E-state index contributed by atoms with van der Waals surface area (Å²) in [5.74, 6) is 0. The molecule has 1 aromatic carbocycles. The number of aromatic nitrogens is 3. The summed E-state index contributed by atoms with van der Waals surface area (Å²) in [4.78, 5) is 1.14. The highest BCUT2D eigenvalue weighted by Gasteiger charge is 2.07. The fourth-order valence-electron chi connectivity index (χ4n) is 1.45. The molecule has 2 aromatic heterocycles. The Hall–Kier alpha value is -1.42. The minimum atomic E-state index is 1.00. The van der Waals surface area contributed by atoms with Crippen molar-refractivity contribution in [2.45, 2.75) is 6.92 Å². The first-order valence-corrected chi connectivity index (χ1v) is 4.87. The lowest BCUT2D eigenvalue weighted by molar-refractivity contribution is 0.878. The zero-order valence-corrected chi connectivity index (χ0v) is 7.88. The maximum atomic E-state index is 4.08. The van der Waals surface area contributed by atoms with E-state index >= 15 is 0 Å². The van der Waals surface area contributed by atoms with Crippen molar-refractivity contribution >= 4 is 26.4 Å². The molecule has 64 valence electrons. The Balaban J connectivity index is 2.64. The highest BCUT2D eigenvalue weighted by molar-refractivity contribution is 7.24. The van der Waals surface area contributed by atoms with Crippen molar-refractivity contribution in [2.24, 2.45) is 0 Å². The van der Waals surface area contributed by atoms with Crippen molar-refractivity contribution in [2.75, 3.05) is 0 Å². The minimum Gasteiger partial charge on any atom is -0.202 e. The van der Waals surface area contributed by atoms with Crippen molar-refractivity contribution < 1.29 is 0 Å². The van der Waals surface area contributed by atoms with Gasteiger partial charge < -0.3 is 0 Å². The number of nitrogens with zero attached hydrogens (tertiary/aromatic N) is 3. The molecule has 2 heterocycles. The third-order valence-corrected chi connectivity index (χ3v) is 3.31. The normalized spacial score (nSPS) is 11.5. The summed E-state index contributed by atoms with van der Waals surface area (Å²) in [5, 5.41) is 8.11. The van der Waals surface area contributed by atoms with E-state index in [1.807, 2.05) is 23.6 Å². The van der Waals surface area contributed by atoms with E-state index < -0.39 is 0 Å². The van der Waals surface area contributed by atoms with E-state index in [1.165, 1.54) is 4.70 Å². The molecule has 0 fully saturated rings. The number of hydrogen-bond acceptors (Lipinski definition) is 3. The summed E-state index contributed by atoms with van der Waals surface area (Å²) in [6.45, 7) is 1.98. The van der Waals surface area contributed by atoms with E-state index in [1.54, 1.807) is 11.3 Å². The van der Waals surface area contributed by atoms with E-state index in [4.69, 9.17) is 0 Å². The van der Waals surface area contributed by atoms with Crippen LogP contribution in [0.1, 0.15) is 5.69 Å². The number of para-hydroxylation sites is 1. The summed E-state index contributed by atoms with van der Waals surface area (Å²) < 4.78 is 3.16. The largest absolute Gasteiger partial charge is 0.202 e. The fraction of sp³-hybridized carbons (Fsp3) is 0.111. The van der Waals surface area contributed by atoms with E-state index in [0.29, 0.717) is 0 Å². The van der Waals surface area contributed by atoms with Gasteiger partial charge >= 0.3 is 0 Å². The maximum absolute atomic E-state index is 4.08. The quantitative estimate of drug-likeness (QED) is 0.543. The summed E-state index contributed by atoms with van der Waals surface area (Å²) in [7, 11) is 0. The molecule has 0 radical (unpaired) electrons. The van der Waals surface area contributed by atoms with Crippen molar-refractivity contribution in [3.05, 3.63) is 30.0 Å². The molecule has 4 heteroatoms. The Morgan fingerprint density at radius 2 is 2.15 bits per heavy atom. The average Bonchev–Trinajstić information content (AvgIpc) is 2.67. The van der Waals surface area contributed by atoms with Gasteiger partial charge in [-0.05, 0) is 19.1 Å². The standard InChI is InChI=1S/C9H7N3S/c1-6-9-12(11-10-6)7-4-2-3-5-8(7)13-9/h2-5H,1H3. The molecule has 0 atom stereocenters. The Labute approximate surface area is 78.6 Å². The van der Waals surface area contributed by atoms with Crippen LogP contribution in [0.15, 0.2) is 24.3 Å². The molecule has 3 aromatic rings. The first-order chi connectivity index (χ1) is 6.36. The second-order valence-corrected chi connectivity index (χ2v) is 3.99. The van der Waals surface area contributed by atoms with Gasteiger partial charge in [-0.2, -0.15) is 0 Å².